The minimum absolute atomic E-state index is 0. The number of hydrogen-bond donors (Lipinski definition) is 2. The number of halogens is 1. The van der Waals surface area contributed by atoms with Crippen LogP contribution in [-0.4, -0.2) is 80.8 Å². The van der Waals surface area contributed by atoms with Crippen LogP contribution in [0.2, 0.25) is 0 Å². The van der Waals surface area contributed by atoms with Crippen LogP contribution in [0.1, 0.15) is 36.6 Å². The summed E-state index contributed by atoms with van der Waals surface area (Å²) in [5.41, 5.74) is 0. The number of hydrogen-bond acceptors (Lipinski definition) is 5. The zero-order valence-corrected chi connectivity index (χ0v) is 20.0. The zero-order chi connectivity index (χ0) is 18.5. The largest absolute Gasteiger partial charge is 0.373 e. The summed E-state index contributed by atoms with van der Waals surface area (Å²) in [6, 6.07) is 5.50. The normalized spacial score (nSPS) is 27.2. The van der Waals surface area contributed by atoms with Crippen molar-refractivity contribution in [3.63, 3.8) is 0 Å². The molecule has 0 radical (unpaired) electrons. The Bertz CT molecular complexity index is 608. The Morgan fingerprint density at radius 3 is 2.89 bits per heavy atom. The standard InChI is InChI=1S/C20H33N5OS.HI/c1-21-20(22-12-17-14-25-10-4-6-16(25)15-26-17)23-13-18(19-7-5-11-27-19)24-8-2-3-9-24;/h5,7,11,16-18H,2-4,6,8-10,12-15H2,1H3,(H2,21,22,23);1H. The molecule has 28 heavy (non-hydrogen) atoms. The molecule has 4 heterocycles. The molecule has 3 atom stereocenters. The highest BCUT2D eigenvalue weighted by atomic mass is 127. The molecule has 0 aromatic carbocycles. The average Bonchev–Trinajstić information content (AvgIpc) is 3.47. The summed E-state index contributed by atoms with van der Waals surface area (Å²) >= 11 is 1.85. The lowest BCUT2D eigenvalue weighted by Crippen LogP contribution is -2.51. The molecule has 0 amide bonds. The van der Waals surface area contributed by atoms with Crippen molar-refractivity contribution in [2.24, 2.45) is 4.99 Å². The third-order valence-corrected chi connectivity index (χ3v) is 7.07. The first-order valence-corrected chi connectivity index (χ1v) is 11.3. The highest BCUT2D eigenvalue weighted by Gasteiger charge is 2.32. The molecule has 0 spiro atoms. The van der Waals surface area contributed by atoms with Gasteiger partial charge in [-0.05, 0) is 56.8 Å². The summed E-state index contributed by atoms with van der Waals surface area (Å²) in [5, 5.41) is 9.22. The minimum Gasteiger partial charge on any atom is -0.373 e. The van der Waals surface area contributed by atoms with E-state index in [1.54, 1.807) is 0 Å². The third kappa shape index (κ3) is 5.59. The molecule has 6 nitrogen and oxygen atoms in total. The number of rotatable bonds is 6. The first kappa shape index (κ1) is 22.3. The van der Waals surface area contributed by atoms with E-state index >= 15 is 0 Å². The molecule has 0 bridgehead atoms. The second-order valence-electron chi connectivity index (χ2n) is 7.85. The number of fused-ring (bicyclic) bond motifs is 1. The fourth-order valence-electron chi connectivity index (χ4n) is 4.58. The molecule has 3 aliphatic rings. The maximum atomic E-state index is 6.06. The van der Waals surface area contributed by atoms with Gasteiger partial charge < -0.3 is 15.4 Å². The molecular formula is C20H34IN5OS. The van der Waals surface area contributed by atoms with Gasteiger partial charge in [-0.15, -0.1) is 35.3 Å². The fourth-order valence-corrected chi connectivity index (χ4v) is 5.44. The van der Waals surface area contributed by atoms with Gasteiger partial charge in [0.25, 0.3) is 0 Å². The van der Waals surface area contributed by atoms with Gasteiger partial charge in [0, 0.05) is 37.6 Å². The molecule has 3 aliphatic heterocycles. The van der Waals surface area contributed by atoms with Crippen molar-refractivity contribution in [1.29, 1.82) is 0 Å². The van der Waals surface area contributed by atoms with E-state index in [-0.39, 0.29) is 30.1 Å². The number of aliphatic imine (C=N–C) groups is 1. The van der Waals surface area contributed by atoms with Gasteiger partial charge in [-0.25, -0.2) is 0 Å². The Morgan fingerprint density at radius 2 is 2.14 bits per heavy atom. The van der Waals surface area contributed by atoms with E-state index in [1.807, 2.05) is 18.4 Å². The van der Waals surface area contributed by atoms with Crippen LogP contribution in [0.5, 0.6) is 0 Å². The summed E-state index contributed by atoms with van der Waals surface area (Å²) in [6.45, 7) is 7.26. The van der Waals surface area contributed by atoms with Crippen LogP contribution in [0.25, 0.3) is 0 Å². The smallest absolute Gasteiger partial charge is 0.191 e. The maximum Gasteiger partial charge on any atom is 0.191 e. The van der Waals surface area contributed by atoms with Crippen LogP contribution in [0.15, 0.2) is 22.5 Å². The van der Waals surface area contributed by atoms with E-state index in [0.717, 1.165) is 32.2 Å². The average molecular weight is 519 g/mol. The Hall–Kier alpha value is -0.420. The predicted octanol–water partition coefficient (Wildman–Crippen LogP) is 2.53. The van der Waals surface area contributed by atoms with Crippen molar-refractivity contribution in [3.8, 4) is 0 Å². The number of nitrogens with zero attached hydrogens (tertiary/aromatic N) is 3. The van der Waals surface area contributed by atoms with E-state index in [2.05, 4.69) is 42.9 Å². The number of guanidine groups is 1. The van der Waals surface area contributed by atoms with Gasteiger partial charge in [-0.1, -0.05) is 6.07 Å². The van der Waals surface area contributed by atoms with Crippen molar-refractivity contribution in [1.82, 2.24) is 20.4 Å². The van der Waals surface area contributed by atoms with Crippen LogP contribution >= 0.6 is 35.3 Å². The third-order valence-electron chi connectivity index (χ3n) is 6.10. The van der Waals surface area contributed by atoms with Gasteiger partial charge in [-0.3, -0.25) is 14.8 Å². The predicted molar refractivity (Wildman–Crippen MR) is 127 cm³/mol. The van der Waals surface area contributed by atoms with Crippen molar-refractivity contribution in [2.75, 3.05) is 52.9 Å². The number of likely N-dealkylation sites (tertiary alicyclic amines) is 1. The molecule has 3 fully saturated rings. The molecule has 158 valence electrons. The molecule has 1 aromatic heterocycles. The first-order valence-electron chi connectivity index (χ1n) is 10.4. The monoisotopic (exact) mass is 519 g/mol. The number of ether oxygens (including phenoxy) is 1. The van der Waals surface area contributed by atoms with Crippen molar-refractivity contribution < 1.29 is 4.74 Å². The van der Waals surface area contributed by atoms with Gasteiger partial charge in [-0.2, -0.15) is 0 Å². The van der Waals surface area contributed by atoms with Gasteiger partial charge in [0.2, 0.25) is 0 Å². The van der Waals surface area contributed by atoms with E-state index in [4.69, 9.17) is 4.74 Å². The summed E-state index contributed by atoms with van der Waals surface area (Å²) in [4.78, 5) is 11.1. The molecular weight excluding hydrogens is 485 g/mol. The number of nitrogens with one attached hydrogen (secondary N) is 2. The van der Waals surface area contributed by atoms with Crippen molar-refractivity contribution in [2.45, 2.75) is 43.9 Å². The topological polar surface area (TPSA) is 52.1 Å². The highest BCUT2D eigenvalue weighted by Crippen LogP contribution is 2.27. The summed E-state index contributed by atoms with van der Waals surface area (Å²) in [7, 11) is 1.85. The lowest BCUT2D eigenvalue weighted by molar-refractivity contribution is -0.0453. The summed E-state index contributed by atoms with van der Waals surface area (Å²) < 4.78 is 6.06. The molecule has 4 rings (SSSR count). The van der Waals surface area contributed by atoms with Crippen LogP contribution in [0.3, 0.4) is 0 Å². The minimum atomic E-state index is 0. The van der Waals surface area contributed by atoms with E-state index < -0.39 is 0 Å². The number of thiophene rings is 1. The molecule has 1 aromatic rings. The van der Waals surface area contributed by atoms with Gasteiger partial charge in [0.1, 0.15) is 0 Å². The van der Waals surface area contributed by atoms with Crippen LogP contribution in [-0.2, 0) is 4.74 Å². The molecule has 3 unspecified atom stereocenters. The van der Waals surface area contributed by atoms with E-state index in [9.17, 15) is 0 Å². The van der Waals surface area contributed by atoms with Gasteiger partial charge >= 0.3 is 0 Å². The molecule has 0 aliphatic carbocycles. The lowest BCUT2D eigenvalue weighted by atomic mass is 10.2. The molecule has 3 saturated heterocycles. The van der Waals surface area contributed by atoms with Crippen LogP contribution in [0.4, 0.5) is 0 Å². The van der Waals surface area contributed by atoms with Gasteiger partial charge in [0.05, 0.1) is 18.8 Å². The Labute approximate surface area is 190 Å². The van der Waals surface area contributed by atoms with Crippen LogP contribution < -0.4 is 10.6 Å². The summed E-state index contributed by atoms with van der Waals surface area (Å²) in [5.74, 6) is 0.878. The number of morpholine rings is 1. The second-order valence-corrected chi connectivity index (χ2v) is 8.83. The molecule has 2 N–H and O–H groups in total. The quantitative estimate of drug-likeness (QED) is 0.344. The van der Waals surface area contributed by atoms with Crippen molar-refractivity contribution in [3.05, 3.63) is 22.4 Å². The van der Waals surface area contributed by atoms with Crippen LogP contribution in [0, 0.1) is 0 Å². The van der Waals surface area contributed by atoms with Gasteiger partial charge in [0.15, 0.2) is 5.96 Å². The Kier molecular flexibility index (Phi) is 8.83. The molecule has 0 saturated carbocycles. The van der Waals surface area contributed by atoms with E-state index in [0.29, 0.717) is 12.1 Å². The Morgan fingerprint density at radius 1 is 1.29 bits per heavy atom. The van der Waals surface area contributed by atoms with Crippen molar-refractivity contribution >= 4 is 41.3 Å². The van der Waals surface area contributed by atoms with E-state index in [1.165, 1.54) is 50.2 Å². The SMILES string of the molecule is CN=C(NCC1CN2CCCC2CO1)NCC(c1cccs1)N1CCCC1.I. The maximum absolute atomic E-state index is 6.06. The summed E-state index contributed by atoms with van der Waals surface area (Å²) in [6.07, 6.45) is 5.49. The fraction of sp³-hybridized carbons (Fsp3) is 0.750. The first-order chi connectivity index (χ1) is 13.3. The highest BCUT2D eigenvalue weighted by molar-refractivity contribution is 14.0. The second kappa shape index (κ2) is 11.1. The lowest BCUT2D eigenvalue weighted by Gasteiger charge is -2.35. The molecule has 8 heteroatoms. The zero-order valence-electron chi connectivity index (χ0n) is 16.8. The Balaban J connectivity index is 0.00000225.